The molecule has 1 fully saturated rings. The Morgan fingerprint density at radius 3 is 2.82 bits per heavy atom. The fourth-order valence-corrected chi connectivity index (χ4v) is 2.84. The minimum Gasteiger partial charge on any atom is -0.307 e. The second-order valence-corrected chi connectivity index (χ2v) is 5.06. The number of hydrogen-bond acceptors (Lipinski definition) is 2. The van der Waals surface area contributed by atoms with Crippen LogP contribution in [0.2, 0.25) is 0 Å². The highest BCUT2D eigenvalue weighted by Gasteiger charge is 2.26. The fraction of sp³-hybridized carbons (Fsp3) is 1.00. The molecule has 1 rings (SSSR count). The highest BCUT2D eigenvalue weighted by Crippen LogP contribution is 2.22. The van der Waals surface area contributed by atoms with Gasteiger partial charge in [0.1, 0.15) is 0 Å². The van der Waals surface area contributed by atoms with E-state index in [1.54, 1.807) is 0 Å². The van der Waals surface area contributed by atoms with Crippen LogP contribution in [0.3, 0.4) is 0 Å². The van der Waals surface area contributed by atoms with Crippen LogP contribution in [0.5, 0.6) is 0 Å². The molecule has 1 nitrogen and oxygen atoms in total. The molecule has 1 saturated heterocycles. The molecule has 1 unspecified atom stereocenters. The van der Waals surface area contributed by atoms with Crippen molar-refractivity contribution in [2.24, 2.45) is 0 Å². The maximum atomic E-state index is 3.67. The van der Waals surface area contributed by atoms with Crippen molar-refractivity contribution < 1.29 is 0 Å². The molecule has 1 aliphatic heterocycles. The van der Waals surface area contributed by atoms with Crippen LogP contribution in [-0.4, -0.2) is 23.1 Å². The summed E-state index contributed by atoms with van der Waals surface area (Å²) in [5.74, 6) is 2.56. The van der Waals surface area contributed by atoms with Gasteiger partial charge in [0, 0.05) is 23.1 Å². The number of rotatable bonds is 2. The molecule has 2 heteroatoms. The lowest BCUT2D eigenvalue weighted by molar-refractivity contribution is 0.356. The Morgan fingerprint density at radius 2 is 2.27 bits per heavy atom. The van der Waals surface area contributed by atoms with Gasteiger partial charge in [0.05, 0.1) is 0 Å². The molecule has 0 amide bonds. The molecule has 0 spiro atoms. The molecule has 0 aromatic carbocycles. The standard InChI is InChI=1S/C9H19NS/c1-4-5-8-6-11-7-9(2,3)10-8/h8,10H,4-7H2,1-3H3. The molecule has 0 saturated carbocycles. The maximum Gasteiger partial charge on any atom is 0.0218 e. The second-order valence-electron chi connectivity index (χ2n) is 4.03. The first kappa shape index (κ1) is 9.40. The van der Waals surface area contributed by atoms with E-state index in [4.69, 9.17) is 0 Å². The summed E-state index contributed by atoms with van der Waals surface area (Å²) >= 11 is 2.09. The largest absolute Gasteiger partial charge is 0.307 e. The first-order valence-electron chi connectivity index (χ1n) is 4.49. The van der Waals surface area contributed by atoms with Crippen LogP contribution >= 0.6 is 11.8 Å². The predicted octanol–water partition coefficient (Wildman–Crippen LogP) is 2.27. The van der Waals surface area contributed by atoms with E-state index in [2.05, 4.69) is 37.8 Å². The van der Waals surface area contributed by atoms with Crippen LogP contribution in [0.1, 0.15) is 33.6 Å². The van der Waals surface area contributed by atoms with E-state index < -0.39 is 0 Å². The van der Waals surface area contributed by atoms with Crippen molar-refractivity contribution in [3.63, 3.8) is 0 Å². The minimum absolute atomic E-state index is 0.364. The molecule has 1 heterocycles. The van der Waals surface area contributed by atoms with Crippen LogP contribution in [0.15, 0.2) is 0 Å². The topological polar surface area (TPSA) is 12.0 Å². The van der Waals surface area contributed by atoms with Gasteiger partial charge in [-0.05, 0) is 20.3 Å². The Balaban J connectivity index is 2.34. The molecule has 1 atom stereocenters. The van der Waals surface area contributed by atoms with Crippen molar-refractivity contribution in [3.05, 3.63) is 0 Å². The highest BCUT2D eigenvalue weighted by molar-refractivity contribution is 7.99. The van der Waals surface area contributed by atoms with E-state index >= 15 is 0 Å². The van der Waals surface area contributed by atoms with Crippen molar-refractivity contribution in [1.82, 2.24) is 5.32 Å². The van der Waals surface area contributed by atoms with Gasteiger partial charge in [-0.1, -0.05) is 13.3 Å². The zero-order valence-corrected chi connectivity index (χ0v) is 8.63. The van der Waals surface area contributed by atoms with Gasteiger partial charge in [0.2, 0.25) is 0 Å². The molecule has 0 aromatic rings. The SMILES string of the molecule is CCCC1CSCC(C)(C)N1. The van der Waals surface area contributed by atoms with Crippen molar-refractivity contribution in [1.29, 1.82) is 0 Å². The summed E-state index contributed by atoms with van der Waals surface area (Å²) in [7, 11) is 0. The summed E-state index contributed by atoms with van der Waals surface area (Å²) in [4.78, 5) is 0. The Hall–Kier alpha value is 0.310. The summed E-state index contributed by atoms with van der Waals surface area (Å²) in [6.45, 7) is 6.84. The molecule has 1 N–H and O–H groups in total. The van der Waals surface area contributed by atoms with Crippen molar-refractivity contribution in [3.8, 4) is 0 Å². The fourth-order valence-electron chi connectivity index (χ4n) is 1.60. The third-order valence-corrected chi connectivity index (χ3v) is 3.58. The lowest BCUT2D eigenvalue weighted by Gasteiger charge is -2.36. The molecule has 0 bridgehead atoms. The van der Waals surface area contributed by atoms with Gasteiger partial charge in [-0.15, -0.1) is 0 Å². The number of hydrogen-bond donors (Lipinski definition) is 1. The van der Waals surface area contributed by atoms with Gasteiger partial charge in [-0.25, -0.2) is 0 Å². The molecule has 1 aliphatic rings. The maximum absolute atomic E-state index is 3.67. The van der Waals surface area contributed by atoms with Crippen molar-refractivity contribution >= 4 is 11.8 Å². The normalized spacial score (nSPS) is 30.3. The van der Waals surface area contributed by atoms with Gasteiger partial charge in [-0.3, -0.25) is 0 Å². The number of nitrogens with one attached hydrogen (secondary N) is 1. The molecule has 11 heavy (non-hydrogen) atoms. The molecule has 0 radical (unpaired) electrons. The minimum atomic E-state index is 0.364. The molecule has 66 valence electrons. The van der Waals surface area contributed by atoms with E-state index in [9.17, 15) is 0 Å². The van der Waals surface area contributed by atoms with Crippen LogP contribution in [-0.2, 0) is 0 Å². The third kappa shape index (κ3) is 3.04. The Bertz CT molecular complexity index is 121. The lowest BCUT2D eigenvalue weighted by atomic mass is 10.0. The summed E-state index contributed by atoms with van der Waals surface area (Å²) in [6.07, 6.45) is 2.63. The Kier molecular flexibility index (Phi) is 3.26. The van der Waals surface area contributed by atoms with Gasteiger partial charge in [0.15, 0.2) is 0 Å². The number of thioether (sulfide) groups is 1. The van der Waals surface area contributed by atoms with Crippen LogP contribution in [0, 0.1) is 0 Å². The van der Waals surface area contributed by atoms with E-state index in [0.717, 1.165) is 6.04 Å². The van der Waals surface area contributed by atoms with Gasteiger partial charge >= 0.3 is 0 Å². The Labute approximate surface area is 74.3 Å². The van der Waals surface area contributed by atoms with Crippen LogP contribution in [0.4, 0.5) is 0 Å². The van der Waals surface area contributed by atoms with E-state index in [-0.39, 0.29) is 0 Å². The van der Waals surface area contributed by atoms with E-state index in [1.807, 2.05) is 0 Å². The summed E-state index contributed by atoms with van der Waals surface area (Å²) in [5, 5.41) is 3.67. The van der Waals surface area contributed by atoms with Crippen LogP contribution in [0.25, 0.3) is 0 Å². The molecule has 0 aliphatic carbocycles. The highest BCUT2D eigenvalue weighted by atomic mass is 32.2. The average molecular weight is 173 g/mol. The smallest absolute Gasteiger partial charge is 0.0218 e. The lowest BCUT2D eigenvalue weighted by Crippen LogP contribution is -2.52. The molecular formula is C9H19NS. The van der Waals surface area contributed by atoms with E-state index in [1.165, 1.54) is 24.3 Å². The van der Waals surface area contributed by atoms with Gasteiger partial charge in [0.25, 0.3) is 0 Å². The Morgan fingerprint density at radius 1 is 1.55 bits per heavy atom. The van der Waals surface area contributed by atoms with Gasteiger partial charge < -0.3 is 5.32 Å². The van der Waals surface area contributed by atoms with E-state index in [0.29, 0.717) is 5.54 Å². The van der Waals surface area contributed by atoms with Crippen LogP contribution < -0.4 is 5.32 Å². The second kappa shape index (κ2) is 3.81. The first-order chi connectivity index (χ1) is 5.14. The monoisotopic (exact) mass is 173 g/mol. The zero-order valence-electron chi connectivity index (χ0n) is 7.81. The summed E-state index contributed by atoms with van der Waals surface area (Å²) in [6, 6.07) is 0.758. The quantitative estimate of drug-likeness (QED) is 0.687. The van der Waals surface area contributed by atoms with Crippen molar-refractivity contribution in [2.75, 3.05) is 11.5 Å². The molecule has 0 aromatic heterocycles. The van der Waals surface area contributed by atoms with Gasteiger partial charge in [-0.2, -0.15) is 11.8 Å². The zero-order chi connectivity index (χ0) is 8.32. The van der Waals surface area contributed by atoms with Crippen molar-refractivity contribution in [2.45, 2.75) is 45.2 Å². The summed E-state index contributed by atoms with van der Waals surface area (Å²) in [5.41, 5.74) is 0.364. The third-order valence-electron chi connectivity index (χ3n) is 2.01. The average Bonchev–Trinajstić information content (AvgIpc) is 1.85. The first-order valence-corrected chi connectivity index (χ1v) is 5.65. The predicted molar refractivity (Wildman–Crippen MR) is 53.2 cm³/mol. The summed E-state index contributed by atoms with van der Waals surface area (Å²) < 4.78 is 0. The molecular weight excluding hydrogens is 154 g/mol.